The molecule has 0 radical (unpaired) electrons. The monoisotopic (exact) mass is 447 g/mol. The van der Waals surface area contributed by atoms with Crippen LogP contribution in [0.15, 0.2) is 66.7 Å². The molecule has 0 N–H and O–H groups in total. The summed E-state index contributed by atoms with van der Waals surface area (Å²) in [5.74, 6) is 4.03. The zero-order chi connectivity index (χ0) is 22.9. The predicted molar refractivity (Wildman–Crippen MR) is 131 cm³/mol. The van der Waals surface area contributed by atoms with Gasteiger partial charge in [-0.15, -0.1) is 0 Å². The van der Waals surface area contributed by atoms with Crippen molar-refractivity contribution in [3.05, 3.63) is 77.9 Å². The van der Waals surface area contributed by atoms with Gasteiger partial charge in [0.1, 0.15) is 35.4 Å². The topological polar surface area (TPSA) is 40.2 Å². The largest absolute Gasteiger partial charge is 0.497 e. The molecule has 0 amide bonds. The first-order valence-corrected chi connectivity index (χ1v) is 11.7. The van der Waals surface area contributed by atoms with E-state index in [0.717, 1.165) is 47.3 Å². The minimum atomic E-state index is 0.710. The molecular formula is C28H33NO4. The highest BCUT2D eigenvalue weighted by molar-refractivity contribution is 5.46. The smallest absolute Gasteiger partial charge is 0.134 e. The molecule has 1 heterocycles. The molecule has 1 aliphatic heterocycles. The molecule has 5 nitrogen and oxygen atoms in total. The second-order valence-electron chi connectivity index (χ2n) is 8.32. The molecule has 3 aromatic rings. The Morgan fingerprint density at radius 1 is 0.697 bits per heavy atom. The third-order valence-corrected chi connectivity index (χ3v) is 6.00. The quantitative estimate of drug-likeness (QED) is 0.384. The van der Waals surface area contributed by atoms with E-state index >= 15 is 0 Å². The van der Waals surface area contributed by atoms with Gasteiger partial charge in [-0.3, -0.25) is 4.90 Å². The van der Waals surface area contributed by atoms with E-state index in [0.29, 0.717) is 6.61 Å². The molecule has 0 aliphatic carbocycles. The van der Waals surface area contributed by atoms with Crippen LogP contribution in [0.2, 0.25) is 0 Å². The Hall–Kier alpha value is -3.18. The minimum absolute atomic E-state index is 0.710. The van der Waals surface area contributed by atoms with Crippen LogP contribution in [0.3, 0.4) is 0 Å². The fourth-order valence-corrected chi connectivity index (χ4v) is 4.07. The lowest BCUT2D eigenvalue weighted by Gasteiger charge is -2.26. The molecule has 1 saturated heterocycles. The number of hydrogen-bond acceptors (Lipinski definition) is 5. The molecule has 0 aromatic heterocycles. The molecule has 3 aromatic carbocycles. The summed E-state index contributed by atoms with van der Waals surface area (Å²) < 4.78 is 22.9. The minimum Gasteiger partial charge on any atom is -0.497 e. The third-order valence-electron chi connectivity index (χ3n) is 6.00. The zero-order valence-electron chi connectivity index (χ0n) is 19.6. The van der Waals surface area contributed by atoms with Crippen LogP contribution in [0.4, 0.5) is 0 Å². The average molecular weight is 448 g/mol. The van der Waals surface area contributed by atoms with E-state index in [4.69, 9.17) is 18.9 Å². The van der Waals surface area contributed by atoms with Gasteiger partial charge in [0.2, 0.25) is 0 Å². The predicted octanol–water partition coefficient (Wildman–Crippen LogP) is 5.95. The maximum atomic E-state index is 6.26. The molecule has 5 heteroatoms. The summed E-state index contributed by atoms with van der Waals surface area (Å²) in [7, 11) is 3.34. The summed E-state index contributed by atoms with van der Waals surface area (Å²) in [6, 6.07) is 21.9. The van der Waals surface area contributed by atoms with Crippen molar-refractivity contribution >= 4 is 0 Å². The van der Waals surface area contributed by atoms with Crippen molar-refractivity contribution in [2.45, 2.75) is 25.7 Å². The second-order valence-corrected chi connectivity index (χ2v) is 8.32. The van der Waals surface area contributed by atoms with E-state index in [1.165, 1.54) is 37.9 Å². The van der Waals surface area contributed by atoms with Crippen LogP contribution in [0.1, 0.15) is 30.4 Å². The lowest BCUT2D eigenvalue weighted by Crippen LogP contribution is -2.33. The van der Waals surface area contributed by atoms with Crippen molar-refractivity contribution in [3.63, 3.8) is 0 Å². The zero-order valence-corrected chi connectivity index (χ0v) is 19.6. The van der Waals surface area contributed by atoms with Crippen LogP contribution < -0.4 is 18.9 Å². The normalized spacial score (nSPS) is 14.0. The van der Waals surface area contributed by atoms with E-state index in [-0.39, 0.29) is 0 Å². The van der Waals surface area contributed by atoms with Gasteiger partial charge in [-0.05, 0) is 79.5 Å². The highest BCUT2D eigenvalue weighted by Gasteiger charge is 2.11. The summed E-state index contributed by atoms with van der Waals surface area (Å²) in [6.45, 7) is 4.07. The van der Waals surface area contributed by atoms with Gasteiger partial charge >= 0.3 is 0 Å². The maximum absolute atomic E-state index is 6.26. The molecule has 1 fully saturated rings. The lowest BCUT2D eigenvalue weighted by atomic mass is 10.0. The summed E-state index contributed by atoms with van der Waals surface area (Å²) in [5, 5.41) is 0. The Kier molecular flexibility index (Phi) is 8.09. The first kappa shape index (κ1) is 23.0. The van der Waals surface area contributed by atoms with Crippen LogP contribution in [0.5, 0.6) is 28.7 Å². The van der Waals surface area contributed by atoms with Crippen molar-refractivity contribution in [1.82, 2.24) is 4.90 Å². The molecule has 0 spiro atoms. The van der Waals surface area contributed by atoms with E-state index in [9.17, 15) is 0 Å². The van der Waals surface area contributed by atoms with E-state index in [1.807, 2.05) is 48.5 Å². The summed E-state index contributed by atoms with van der Waals surface area (Å²) >= 11 is 0. The summed E-state index contributed by atoms with van der Waals surface area (Å²) in [5.41, 5.74) is 2.27. The Labute approximate surface area is 196 Å². The SMILES string of the molecule is COc1ccc(Cc2ccc(OC)cc2Oc2ccc(OCCN3CCCCC3)cc2)cc1. The van der Waals surface area contributed by atoms with Crippen LogP contribution in [-0.2, 0) is 6.42 Å². The number of ether oxygens (including phenoxy) is 4. The van der Waals surface area contributed by atoms with Crippen molar-refractivity contribution in [1.29, 1.82) is 0 Å². The van der Waals surface area contributed by atoms with Gasteiger partial charge in [0.25, 0.3) is 0 Å². The maximum Gasteiger partial charge on any atom is 0.134 e. The van der Waals surface area contributed by atoms with Gasteiger partial charge in [-0.25, -0.2) is 0 Å². The van der Waals surface area contributed by atoms with Crippen molar-refractivity contribution < 1.29 is 18.9 Å². The van der Waals surface area contributed by atoms with Gasteiger partial charge in [0.05, 0.1) is 14.2 Å². The molecule has 0 unspecified atom stereocenters. The number of piperidine rings is 1. The fourth-order valence-electron chi connectivity index (χ4n) is 4.07. The first-order valence-electron chi connectivity index (χ1n) is 11.7. The van der Waals surface area contributed by atoms with Gasteiger partial charge < -0.3 is 18.9 Å². The van der Waals surface area contributed by atoms with Gasteiger partial charge in [-0.2, -0.15) is 0 Å². The van der Waals surface area contributed by atoms with E-state index < -0.39 is 0 Å². The number of nitrogens with zero attached hydrogens (tertiary/aromatic N) is 1. The molecule has 33 heavy (non-hydrogen) atoms. The average Bonchev–Trinajstić information content (AvgIpc) is 2.87. The Morgan fingerprint density at radius 3 is 2.03 bits per heavy atom. The van der Waals surface area contributed by atoms with Gasteiger partial charge in [0.15, 0.2) is 0 Å². The van der Waals surface area contributed by atoms with Crippen LogP contribution in [0, 0.1) is 0 Å². The second kappa shape index (κ2) is 11.6. The number of rotatable bonds is 10. The standard InChI is InChI=1S/C28H33NO4/c1-30-24-9-6-22(7-10-24)20-23-8-11-27(31-2)21-28(23)33-26-14-12-25(13-15-26)32-19-18-29-16-4-3-5-17-29/h6-15,21H,3-5,16-20H2,1-2H3. The Bertz CT molecular complexity index is 995. The summed E-state index contributed by atoms with van der Waals surface area (Å²) in [4.78, 5) is 2.48. The molecule has 0 bridgehead atoms. The third kappa shape index (κ3) is 6.65. The fraction of sp³-hybridized carbons (Fsp3) is 0.357. The van der Waals surface area contributed by atoms with E-state index in [2.05, 4.69) is 23.1 Å². The number of methoxy groups -OCH3 is 2. The lowest BCUT2D eigenvalue weighted by molar-refractivity contribution is 0.183. The van der Waals surface area contributed by atoms with E-state index in [1.54, 1.807) is 14.2 Å². The van der Waals surface area contributed by atoms with Crippen molar-refractivity contribution in [3.8, 4) is 28.7 Å². The highest BCUT2D eigenvalue weighted by Crippen LogP contribution is 2.32. The van der Waals surface area contributed by atoms with Crippen molar-refractivity contribution in [2.24, 2.45) is 0 Å². The number of hydrogen-bond donors (Lipinski definition) is 0. The molecular weight excluding hydrogens is 414 g/mol. The van der Waals surface area contributed by atoms with Crippen LogP contribution >= 0.6 is 0 Å². The molecule has 0 saturated carbocycles. The van der Waals surface area contributed by atoms with Crippen LogP contribution in [-0.4, -0.2) is 45.4 Å². The molecule has 4 rings (SSSR count). The molecule has 0 atom stereocenters. The van der Waals surface area contributed by atoms with Crippen molar-refractivity contribution in [2.75, 3.05) is 40.5 Å². The van der Waals surface area contributed by atoms with Gasteiger partial charge in [0, 0.05) is 19.0 Å². The first-order chi connectivity index (χ1) is 16.2. The number of likely N-dealkylation sites (tertiary alicyclic amines) is 1. The van der Waals surface area contributed by atoms with Gasteiger partial charge in [-0.1, -0.05) is 24.6 Å². The molecule has 174 valence electrons. The Morgan fingerprint density at radius 2 is 1.33 bits per heavy atom. The summed E-state index contributed by atoms with van der Waals surface area (Å²) in [6.07, 6.45) is 4.71. The highest BCUT2D eigenvalue weighted by atomic mass is 16.5. The Balaban J connectivity index is 1.39. The molecule has 1 aliphatic rings. The number of benzene rings is 3. The van der Waals surface area contributed by atoms with Crippen LogP contribution in [0.25, 0.3) is 0 Å².